The lowest BCUT2D eigenvalue weighted by atomic mass is 10.0. The van der Waals surface area contributed by atoms with Gasteiger partial charge in [-0.2, -0.15) is 0 Å². The highest BCUT2D eigenvalue weighted by atomic mass is 16.6. The van der Waals surface area contributed by atoms with Gasteiger partial charge in [0.2, 0.25) is 11.8 Å². The number of alkyl carbamates (subject to hydrolysis) is 1. The first-order chi connectivity index (χ1) is 17.6. The molecule has 0 fully saturated rings. The molecule has 0 spiro atoms. The first-order valence-electron chi connectivity index (χ1n) is 11.9. The second kappa shape index (κ2) is 12.6. The number of carbonyl (C=O) groups excluding carboxylic acids is 2. The van der Waals surface area contributed by atoms with Gasteiger partial charge in [0.05, 0.1) is 18.4 Å². The molecule has 0 aliphatic rings. The van der Waals surface area contributed by atoms with E-state index in [-0.39, 0.29) is 19.1 Å². The summed E-state index contributed by atoms with van der Waals surface area (Å²) in [5, 5.41) is 11.7. The number of nitrogens with two attached hydrogens (primary N) is 1. The van der Waals surface area contributed by atoms with Crippen LogP contribution in [0.4, 0.5) is 4.79 Å². The van der Waals surface area contributed by atoms with E-state index in [1.165, 1.54) is 0 Å². The van der Waals surface area contributed by atoms with Gasteiger partial charge >= 0.3 is 12.1 Å². The molecular weight excluding hydrogens is 478 g/mol. The molecule has 3 rings (SSSR count). The molecule has 0 aliphatic heterocycles. The molecule has 0 saturated carbocycles. The molecule has 10 heteroatoms. The molecule has 196 valence electrons. The van der Waals surface area contributed by atoms with E-state index >= 15 is 0 Å². The van der Waals surface area contributed by atoms with E-state index in [2.05, 4.69) is 10.3 Å². The van der Waals surface area contributed by atoms with Crippen molar-refractivity contribution in [3.05, 3.63) is 70.6 Å². The van der Waals surface area contributed by atoms with Crippen molar-refractivity contribution in [3.63, 3.8) is 0 Å². The summed E-state index contributed by atoms with van der Waals surface area (Å²) in [6.45, 7) is 5.83. The third-order valence-electron chi connectivity index (χ3n) is 5.47. The summed E-state index contributed by atoms with van der Waals surface area (Å²) in [6, 6.07) is 12.1. The zero-order valence-corrected chi connectivity index (χ0v) is 21.1. The molecule has 4 N–H and O–H groups in total. The molecule has 0 radical (unpaired) electrons. The number of oxazole rings is 1. The van der Waals surface area contributed by atoms with Crippen LogP contribution in [0.3, 0.4) is 0 Å². The Balaban J connectivity index is 1.64. The van der Waals surface area contributed by atoms with Gasteiger partial charge in [-0.3, -0.25) is 9.59 Å². The average Bonchev–Trinajstić information content (AvgIpc) is 3.22. The summed E-state index contributed by atoms with van der Waals surface area (Å²) >= 11 is 0. The number of aliphatic carboxylic acids is 1. The Morgan fingerprint density at radius 1 is 1.08 bits per heavy atom. The van der Waals surface area contributed by atoms with Crippen LogP contribution in [0.5, 0.6) is 5.75 Å². The summed E-state index contributed by atoms with van der Waals surface area (Å²) in [5.74, 6) is 0.279. The van der Waals surface area contributed by atoms with Crippen LogP contribution in [0.25, 0.3) is 11.5 Å². The lowest BCUT2D eigenvalue weighted by Gasteiger charge is -2.14. The quantitative estimate of drug-likeness (QED) is 0.331. The standard InChI is InChI=1S/C27H31N3O7/c1-16(2)36-27(34)29-15-21-14-22(10-8-18(21)9-11-24(31)32)35-13-12-23-17(3)37-26(30-23)20-6-4-19(5-7-20)25(28)33/h4-8,10,14,16H,9,11-13,15H2,1-3H3,(H2,28,33)(H,29,34)(H,31,32). The second-order valence-electron chi connectivity index (χ2n) is 8.69. The van der Waals surface area contributed by atoms with Crippen LogP contribution in [-0.4, -0.2) is 40.8 Å². The van der Waals surface area contributed by atoms with Crippen LogP contribution < -0.4 is 15.8 Å². The average molecular weight is 510 g/mol. The number of amides is 2. The summed E-state index contributed by atoms with van der Waals surface area (Å²) in [6.07, 6.45) is -0.0113. The van der Waals surface area contributed by atoms with E-state index in [9.17, 15) is 14.4 Å². The fourth-order valence-corrected chi connectivity index (χ4v) is 3.59. The molecule has 0 aliphatic carbocycles. The molecule has 0 bridgehead atoms. The lowest BCUT2D eigenvalue weighted by Crippen LogP contribution is -2.26. The molecular formula is C27H31N3O7. The molecule has 3 aromatic rings. The van der Waals surface area contributed by atoms with E-state index in [1.54, 1.807) is 56.3 Å². The van der Waals surface area contributed by atoms with Gasteiger partial charge in [-0.25, -0.2) is 9.78 Å². The Morgan fingerprint density at radius 3 is 2.46 bits per heavy atom. The van der Waals surface area contributed by atoms with E-state index in [0.717, 1.165) is 22.4 Å². The van der Waals surface area contributed by atoms with Crippen molar-refractivity contribution in [1.29, 1.82) is 0 Å². The van der Waals surface area contributed by atoms with Crippen LogP contribution in [-0.2, 0) is 28.9 Å². The van der Waals surface area contributed by atoms with Crippen molar-refractivity contribution < 1.29 is 33.4 Å². The van der Waals surface area contributed by atoms with Crippen LogP contribution in [0, 0.1) is 6.92 Å². The van der Waals surface area contributed by atoms with Crippen molar-refractivity contribution in [2.24, 2.45) is 5.73 Å². The Hall–Kier alpha value is -4.34. The minimum Gasteiger partial charge on any atom is -0.493 e. The second-order valence-corrected chi connectivity index (χ2v) is 8.69. The fraction of sp³-hybridized carbons (Fsp3) is 0.333. The molecule has 2 amide bonds. The highest BCUT2D eigenvalue weighted by Crippen LogP contribution is 2.24. The summed E-state index contributed by atoms with van der Waals surface area (Å²) in [5.41, 5.74) is 8.71. The molecule has 1 heterocycles. The number of nitrogens with one attached hydrogen (secondary N) is 1. The Kier molecular flexibility index (Phi) is 9.26. The van der Waals surface area contributed by atoms with Gasteiger partial charge in [0.25, 0.3) is 0 Å². The number of carbonyl (C=O) groups is 3. The number of benzene rings is 2. The third kappa shape index (κ3) is 8.09. The highest BCUT2D eigenvalue weighted by molar-refractivity contribution is 5.93. The molecule has 1 aromatic heterocycles. The molecule has 37 heavy (non-hydrogen) atoms. The van der Waals surface area contributed by atoms with Crippen LogP contribution in [0.15, 0.2) is 46.9 Å². The van der Waals surface area contributed by atoms with E-state index in [4.69, 9.17) is 24.7 Å². The van der Waals surface area contributed by atoms with Crippen LogP contribution in [0.1, 0.15) is 53.2 Å². The smallest absolute Gasteiger partial charge is 0.407 e. The maximum Gasteiger partial charge on any atom is 0.407 e. The van der Waals surface area contributed by atoms with Gasteiger partial charge in [0, 0.05) is 30.5 Å². The monoisotopic (exact) mass is 509 g/mol. The number of carboxylic acids is 1. The minimum absolute atomic E-state index is 0.0251. The minimum atomic E-state index is -0.899. The number of aromatic nitrogens is 1. The zero-order chi connectivity index (χ0) is 26.9. The number of nitrogens with zero attached hydrogens (tertiary/aromatic N) is 1. The van der Waals surface area contributed by atoms with Crippen molar-refractivity contribution in [3.8, 4) is 17.2 Å². The number of rotatable bonds is 12. The van der Waals surface area contributed by atoms with Crippen LogP contribution >= 0.6 is 0 Å². The maximum atomic E-state index is 11.9. The maximum absolute atomic E-state index is 11.9. The number of primary amides is 1. The van der Waals surface area contributed by atoms with Gasteiger partial charge in [0.15, 0.2) is 0 Å². The van der Waals surface area contributed by atoms with Crippen molar-refractivity contribution in [2.75, 3.05) is 6.61 Å². The third-order valence-corrected chi connectivity index (χ3v) is 5.47. The summed E-state index contributed by atoms with van der Waals surface area (Å²) < 4.78 is 16.8. The Bertz CT molecular complexity index is 1250. The topological polar surface area (TPSA) is 154 Å². The number of aryl methyl sites for hydroxylation is 2. The summed E-state index contributed by atoms with van der Waals surface area (Å²) in [4.78, 5) is 38.8. The normalized spacial score (nSPS) is 10.8. The van der Waals surface area contributed by atoms with Crippen molar-refractivity contribution in [2.45, 2.75) is 52.7 Å². The van der Waals surface area contributed by atoms with Gasteiger partial charge in [0.1, 0.15) is 11.5 Å². The summed E-state index contributed by atoms with van der Waals surface area (Å²) in [7, 11) is 0. The zero-order valence-electron chi connectivity index (χ0n) is 21.1. The van der Waals surface area contributed by atoms with E-state index < -0.39 is 18.0 Å². The van der Waals surface area contributed by atoms with E-state index in [0.29, 0.717) is 42.4 Å². The Labute approximate surface area is 214 Å². The van der Waals surface area contributed by atoms with Gasteiger partial charge in [-0.15, -0.1) is 0 Å². The molecule has 2 aromatic carbocycles. The lowest BCUT2D eigenvalue weighted by molar-refractivity contribution is -0.136. The SMILES string of the molecule is Cc1oc(-c2ccc(C(N)=O)cc2)nc1CCOc1ccc(CCC(=O)O)c(CNC(=O)OC(C)C)c1. The number of hydrogen-bond donors (Lipinski definition) is 3. The number of carboxylic acid groups (broad SMARTS) is 1. The van der Waals surface area contributed by atoms with Gasteiger partial charge in [-0.1, -0.05) is 6.07 Å². The van der Waals surface area contributed by atoms with Gasteiger partial charge in [-0.05, 0) is 74.7 Å². The van der Waals surface area contributed by atoms with Crippen LogP contribution in [0.2, 0.25) is 0 Å². The van der Waals surface area contributed by atoms with Gasteiger partial charge < -0.3 is 30.0 Å². The molecule has 10 nitrogen and oxygen atoms in total. The fourth-order valence-electron chi connectivity index (χ4n) is 3.59. The first-order valence-corrected chi connectivity index (χ1v) is 11.9. The molecule has 0 unspecified atom stereocenters. The Morgan fingerprint density at radius 2 is 1.81 bits per heavy atom. The highest BCUT2D eigenvalue weighted by Gasteiger charge is 2.14. The largest absolute Gasteiger partial charge is 0.493 e. The number of hydrogen-bond acceptors (Lipinski definition) is 7. The van der Waals surface area contributed by atoms with Crippen molar-refractivity contribution >= 4 is 18.0 Å². The van der Waals surface area contributed by atoms with Crippen molar-refractivity contribution in [1.82, 2.24) is 10.3 Å². The first kappa shape index (κ1) is 27.3. The molecule has 0 atom stereocenters. The number of ether oxygens (including phenoxy) is 2. The predicted molar refractivity (Wildman–Crippen MR) is 135 cm³/mol. The predicted octanol–water partition coefficient (Wildman–Crippen LogP) is 4.02. The molecule has 0 saturated heterocycles. The van der Waals surface area contributed by atoms with E-state index in [1.807, 2.05) is 6.92 Å².